The van der Waals surface area contributed by atoms with E-state index in [1.54, 1.807) is 7.11 Å². The van der Waals surface area contributed by atoms with Crippen molar-refractivity contribution in [3.63, 3.8) is 0 Å². The SMILES string of the molecule is C=C(C=CC=C(CO)[C@H]1CC[C@]2([C@@H]1O)[C@H]1C(=C(C)C=O)[C@@H](C=C[C@H]1CCO)C[C@]2(O)CCNC)[C@@H]1CC=C(C)CN[C@@](C)(CCOC)Cc2cccc(c2)[C@@H]1CCc1ccccc1. The van der Waals surface area contributed by atoms with E-state index in [9.17, 15) is 25.2 Å². The minimum atomic E-state index is -1.24. The van der Waals surface area contributed by atoms with Gasteiger partial charge in [0, 0.05) is 49.7 Å². The third kappa shape index (κ3) is 10.7. The molecule has 0 unspecified atom stereocenters. The number of hydrogen-bond donors (Lipinski definition) is 6. The third-order valence-electron chi connectivity index (χ3n) is 15.6. The van der Waals surface area contributed by atoms with Crippen molar-refractivity contribution in [1.29, 1.82) is 0 Å². The van der Waals surface area contributed by atoms with Gasteiger partial charge in [-0.15, -0.1) is 0 Å². The highest BCUT2D eigenvalue weighted by atomic mass is 16.5. The number of aliphatic hydroxyl groups excluding tert-OH is 3. The summed E-state index contributed by atoms with van der Waals surface area (Å²) in [6, 6.07) is 19.8. The molecule has 6 N–H and O–H groups in total. The Balaban J connectivity index is 1.34. The molecule has 0 radical (unpaired) electrons. The molecule has 6 rings (SSSR count). The largest absolute Gasteiger partial charge is 0.396 e. The highest BCUT2D eigenvalue weighted by Crippen LogP contribution is 2.67. The fraction of sp³-hybridized carbons (Fsp3) is 0.545. The summed E-state index contributed by atoms with van der Waals surface area (Å²) in [4.78, 5) is 12.4. The molecule has 0 amide bonds. The first-order chi connectivity index (χ1) is 30.4. The Bertz CT molecular complexity index is 2020. The maximum Gasteiger partial charge on any atom is 0.145 e. The van der Waals surface area contributed by atoms with Gasteiger partial charge >= 0.3 is 0 Å². The van der Waals surface area contributed by atoms with Gasteiger partial charge in [-0.25, -0.2) is 0 Å². The van der Waals surface area contributed by atoms with Gasteiger partial charge in [0.2, 0.25) is 0 Å². The minimum absolute atomic E-state index is 0.0370. The summed E-state index contributed by atoms with van der Waals surface area (Å²) in [6.45, 7) is 12.9. The van der Waals surface area contributed by atoms with Crippen LogP contribution in [-0.4, -0.2) is 91.0 Å². The molecule has 1 aliphatic heterocycles. The number of carbonyl (C=O) groups is 1. The van der Waals surface area contributed by atoms with Crippen LogP contribution in [0.3, 0.4) is 0 Å². The molecule has 3 aliphatic carbocycles. The molecular formula is C55H76N2O6. The van der Waals surface area contributed by atoms with E-state index in [1.807, 2.05) is 26.1 Å². The van der Waals surface area contributed by atoms with Gasteiger partial charge in [-0.1, -0.05) is 114 Å². The van der Waals surface area contributed by atoms with Gasteiger partial charge in [0.15, 0.2) is 0 Å². The fourth-order valence-corrected chi connectivity index (χ4v) is 12.2. The Morgan fingerprint density at radius 2 is 1.86 bits per heavy atom. The molecule has 63 heavy (non-hydrogen) atoms. The predicted octanol–water partition coefficient (Wildman–Crippen LogP) is 8.15. The lowest BCUT2D eigenvalue weighted by atomic mass is 9.45. The van der Waals surface area contributed by atoms with Crippen molar-refractivity contribution in [1.82, 2.24) is 10.6 Å². The molecule has 1 heterocycles. The zero-order valence-electron chi connectivity index (χ0n) is 38.7. The van der Waals surface area contributed by atoms with Crippen molar-refractivity contribution >= 4 is 6.29 Å². The highest BCUT2D eigenvalue weighted by Gasteiger charge is 2.68. The monoisotopic (exact) mass is 861 g/mol. The number of ether oxygens (including phenoxy) is 1. The van der Waals surface area contributed by atoms with E-state index in [0.29, 0.717) is 50.8 Å². The smallest absolute Gasteiger partial charge is 0.145 e. The van der Waals surface area contributed by atoms with Crippen LogP contribution in [0.4, 0.5) is 0 Å². The van der Waals surface area contributed by atoms with Crippen LogP contribution in [-0.2, 0) is 22.4 Å². The van der Waals surface area contributed by atoms with Crippen LogP contribution in [0, 0.1) is 35.0 Å². The maximum absolute atomic E-state index is 12.9. The minimum Gasteiger partial charge on any atom is -0.396 e. The average molecular weight is 861 g/mol. The number of nitrogens with one attached hydrogen (secondary N) is 2. The first-order valence-electron chi connectivity index (χ1n) is 23.6. The number of benzene rings is 2. The zero-order valence-corrected chi connectivity index (χ0v) is 38.7. The summed E-state index contributed by atoms with van der Waals surface area (Å²) in [7, 11) is 3.64. The van der Waals surface area contributed by atoms with Gasteiger partial charge in [0.25, 0.3) is 0 Å². The topological polar surface area (TPSA) is 131 Å². The molecule has 342 valence electrons. The lowest BCUT2D eigenvalue weighted by molar-refractivity contribution is -0.194. The van der Waals surface area contributed by atoms with Crippen molar-refractivity contribution in [2.75, 3.05) is 47.1 Å². The number of allylic oxidation sites excluding steroid dienone is 9. The van der Waals surface area contributed by atoms with Crippen LogP contribution >= 0.6 is 0 Å². The summed E-state index contributed by atoms with van der Waals surface area (Å²) in [5.41, 5.74) is 6.23. The molecule has 2 aromatic carbocycles. The molecular weight excluding hydrogens is 785 g/mol. The summed E-state index contributed by atoms with van der Waals surface area (Å²) in [6.07, 6.45) is 19.5. The van der Waals surface area contributed by atoms with Crippen molar-refractivity contribution in [3.05, 3.63) is 142 Å². The molecule has 2 aromatic rings. The van der Waals surface area contributed by atoms with Gasteiger partial charge in [0.1, 0.15) is 6.29 Å². The first kappa shape index (κ1) is 48.7. The Kier molecular flexibility index (Phi) is 17.0. The molecule has 2 fully saturated rings. The number of carbonyl (C=O) groups excluding carboxylic acids is 1. The molecule has 2 saturated carbocycles. The fourth-order valence-electron chi connectivity index (χ4n) is 12.2. The summed E-state index contributed by atoms with van der Waals surface area (Å²) in [5.74, 6) is -0.700. The summed E-state index contributed by atoms with van der Waals surface area (Å²) >= 11 is 0. The van der Waals surface area contributed by atoms with Crippen molar-refractivity contribution in [3.8, 4) is 0 Å². The van der Waals surface area contributed by atoms with E-state index in [1.165, 1.54) is 22.3 Å². The molecule has 4 aliphatic rings. The van der Waals surface area contributed by atoms with Crippen molar-refractivity contribution < 1.29 is 30.0 Å². The summed E-state index contributed by atoms with van der Waals surface area (Å²) in [5, 5.41) is 54.1. The average Bonchev–Trinajstić information content (AvgIpc) is 3.63. The van der Waals surface area contributed by atoms with E-state index < -0.39 is 23.0 Å². The lowest BCUT2D eigenvalue weighted by Gasteiger charge is -2.61. The normalized spacial score (nSPS) is 33.2. The van der Waals surface area contributed by atoms with E-state index in [2.05, 4.69) is 103 Å². The molecule has 0 aromatic heterocycles. The molecule has 10 atom stereocenters. The second-order valence-electron chi connectivity index (χ2n) is 19.6. The molecule has 1 spiro atoms. The van der Waals surface area contributed by atoms with E-state index in [-0.39, 0.29) is 48.3 Å². The zero-order chi connectivity index (χ0) is 45.2. The maximum atomic E-state index is 12.9. The summed E-state index contributed by atoms with van der Waals surface area (Å²) < 4.78 is 5.54. The van der Waals surface area contributed by atoms with Gasteiger partial charge < -0.3 is 35.8 Å². The Labute approximate surface area is 378 Å². The number of aryl methyl sites for hydroxylation is 1. The van der Waals surface area contributed by atoms with Gasteiger partial charge in [-0.3, -0.25) is 4.79 Å². The van der Waals surface area contributed by atoms with Crippen LogP contribution in [0.1, 0.15) is 94.7 Å². The molecule has 8 nitrogen and oxygen atoms in total. The lowest BCUT2D eigenvalue weighted by Crippen LogP contribution is -2.65. The quantitative estimate of drug-likeness (QED) is 0.0407. The second kappa shape index (κ2) is 22.0. The third-order valence-corrected chi connectivity index (χ3v) is 15.6. The Hall–Kier alpha value is -3.73. The van der Waals surface area contributed by atoms with Gasteiger partial charge in [-0.2, -0.15) is 0 Å². The first-order valence-corrected chi connectivity index (χ1v) is 23.6. The molecule has 8 heteroatoms. The number of aldehydes is 1. The number of methoxy groups -OCH3 is 1. The van der Waals surface area contributed by atoms with Gasteiger partial charge in [0.05, 0.1) is 18.3 Å². The highest BCUT2D eigenvalue weighted by molar-refractivity contribution is 5.74. The van der Waals surface area contributed by atoms with Gasteiger partial charge in [-0.05, 0) is 150 Å². The van der Waals surface area contributed by atoms with Crippen molar-refractivity contribution in [2.24, 2.45) is 35.0 Å². The van der Waals surface area contributed by atoms with E-state index in [0.717, 1.165) is 61.7 Å². The number of aliphatic hydroxyl groups is 4. The standard InChI is InChI=1S/C55H76N2O6/c1-38-18-22-47(48(23-19-41-13-8-7-9-14-41)44-16-11-15-42(32-44)33-53(4,57-35-38)28-31-63-6)39(2)12-10-17-46(37-60)49-24-26-55(52(49)61)51-43(25-30-58)20-21-45(50(51)40(3)36-59)34-54(55,62)27-29-56-5/h7-18,20-21,32,36,43,45,47-49,51-52,56-58,60-62H,2,19,22-31,33-35,37H2,1,3-6H3/t43-,45-,47-,48-,49+,51+,52+,53-,54+,55+/m0/s1. The molecule has 4 bridgehead atoms. The van der Waals surface area contributed by atoms with Crippen LogP contribution in [0.2, 0.25) is 0 Å². The van der Waals surface area contributed by atoms with Crippen LogP contribution < -0.4 is 10.6 Å². The Morgan fingerprint density at radius 1 is 1.06 bits per heavy atom. The predicted molar refractivity (Wildman–Crippen MR) is 255 cm³/mol. The van der Waals surface area contributed by atoms with Crippen LogP contribution in [0.15, 0.2) is 125 Å². The van der Waals surface area contributed by atoms with E-state index in [4.69, 9.17) is 11.3 Å². The van der Waals surface area contributed by atoms with Crippen LogP contribution in [0.25, 0.3) is 0 Å². The number of hydrogen-bond acceptors (Lipinski definition) is 8. The second-order valence-corrected chi connectivity index (χ2v) is 19.6. The van der Waals surface area contributed by atoms with Crippen molar-refractivity contribution in [2.45, 2.75) is 108 Å². The number of rotatable bonds is 17. The van der Waals surface area contributed by atoms with E-state index >= 15 is 0 Å². The Morgan fingerprint density at radius 3 is 2.57 bits per heavy atom. The number of fused-ring (bicyclic) bond motifs is 5. The molecule has 0 saturated heterocycles. The van der Waals surface area contributed by atoms with Crippen LogP contribution in [0.5, 0.6) is 0 Å².